The normalized spacial score (nSPS) is 18.2. The first-order valence-electron chi connectivity index (χ1n) is 7.03. The van der Waals surface area contributed by atoms with E-state index in [1.807, 2.05) is 33.8 Å². The Morgan fingerprint density at radius 2 is 2.00 bits per heavy atom. The molecule has 2 N–H and O–H groups in total. The molecule has 0 aliphatic heterocycles. The first-order valence-corrected chi connectivity index (χ1v) is 9.33. The van der Waals surface area contributed by atoms with E-state index in [4.69, 9.17) is 0 Å². The molecule has 6 heteroatoms. The lowest BCUT2D eigenvalue weighted by Gasteiger charge is -2.27. The molecule has 1 fully saturated rings. The van der Waals surface area contributed by atoms with E-state index in [1.165, 1.54) is 24.2 Å². The van der Waals surface area contributed by atoms with Crippen LogP contribution in [0.2, 0.25) is 0 Å². The zero-order valence-electron chi connectivity index (χ0n) is 12.6. The van der Waals surface area contributed by atoms with Gasteiger partial charge in [-0.05, 0) is 37.3 Å². The van der Waals surface area contributed by atoms with Gasteiger partial charge in [0.25, 0.3) is 0 Å². The molecule has 2 rings (SSSR count). The number of thiophene rings is 1. The van der Waals surface area contributed by atoms with E-state index >= 15 is 0 Å². The fourth-order valence-corrected chi connectivity index (χ4v) is 4.37. The van der Waals surface area contributed by atoms with Crippen molar-refractivity contribution < 1.29 is 8.42 Å². The molecule has 4 nitrogen and oxygen atoms in total. The zero-order valence-corrected chi connectivity index (χ0v) is 14.2. The Kier molecular flexibility index (Phi) is 4.59. The van der Waals surface area contributed by atoms with Gasteiger partial charge < -0.3 is 5.32 Å². The van der Waals surface area contributed by atoms with E-state index in [-0.39, 0.29) is 11.5 Å². The SMILES string of the molecule is CC(NS(=O)(=O)c1ccc(CNC2CC2)s1)C(C)(C)C. The summed E-state index contributed by atoms with van der Waals surface area (Å²) in [6.07, 6.45) is 2.47. The minimum Gasteiger partial charge on any atom is -0.309 e. The Balaban J connectivity index is 2.01. The monoisotopic (exact) mass is 316 g/mol. The van der Waals surface area contributed by atoms with Crippen LogP contribution in [0.4, 0.5) is 0 Å². The molecule has 1 unspecified atom stereocenters. The van der Waals surface area contributed by atoms with E-state index in [0.29, 0.717) is 10.3 Å². The molecule has 1 aromatic heterocycles. The minimum absolute atomic E-state index is 0.0965. The van der Waals surface area contributed by atoms with Crippen LogP contribution in [-0.4, -0.2) is 20.5 Å². The summed E-state index contributed by atoms with van der Waals surface area (Å²) < 4.78 is 27.8. The third-order valence-corrected chi connectivity index (χ3v) is 6.79. The highest BCUT2D eigenvalue weighted by Crippen LogP contribution is 2.26. The Labute approximate surface area is 126 Å². The third-order valence-electron chi connectivity index (χ3n) is 3.68. The second kappa shape index (κ2) is 5.75. The molecule has 0 spiro atoms. The summed E-state index contributed by atoms with van der Waals surface area (Å²) in [5, 5.41) is 3.40. The predicted molar refractivity (Wildman–Crippen MR) is 83.4 cm³/mol. The second-order valence-electron chi connectivity index (χ2n) is 6.58. The summed E-state index contributed by atoms with van der Waals surface area (Å²) in [6.45, 7) is 8.75. The molecular formula is C14H24N2O2S2. The summed E-state index contributed by atoms with van der Waals surface area (Å²) >= 11 is 1.35. The number of hydrogen-bond acceptors (Lipinski definition) is 4. The molecule has 0 aromatic carbocycles. The van der Waals surface area contributed by atoms with E-state index in [2.05, 4.69) is 10.0 Å². The molecule has 0 amide bonds. The quantitative estimate of drug-likeness (QED) is 0.848. The summed E-state index contributed by atoms with van der Waals surface area (Å²) in [6, 6.07) is 4.13. The maximum Gasteiger partial charge on any atom is 0.250 e. The van der Waals surface area contributed by atoms with E-state index < -0.39 is 10.0 Å². The molecule has 114 valence electrons. The van der Waals surface area contributed by atoms with Crippen molar-refractivity contribution in [3.8, 4) is 0 Å². The summed E-state index contributed by atoms with van der Waals surface area (Å²) in [5.74, 6) is 0. The topological polar surface area (TPSA) is 58.2 Å². The Morgan fingerprint density at radius 3 is 2.55 bits per heavy atom. The van der Waals surface area contributed by atoms with Crippen LogP contribution in [0.1, 0.15) is 45.4 Å². The number of nitrogens with one attached hydrogen (secondary N) is 2. The summed E-state index contributed by atoms with van der Waals surface area (Å²) in [7, 11) is -3.40. The van der Waals surface area contributed by atoms with Gasteiger partial charge in [0, 0.05) is 23.5 Å². The van der Waals surface area contributed by atoms with Gasteiger partial charge >= 0.3 is 0 Å². The molecule has 1 aliphatic carbocycles. The molecule has 0 radical (unpaired) electrons. The smallest absolute Gasteiger partial charge is 0.250 e. The van der Waals surface area contributed by atoms with Crippen LogP contribution >= 0.6 is 11.3 Å². The largest absolute Gasteiger partial charge is 0.309 e. The van der Waals surface area contributed by atoms with Gasteiger partial charge in [0.1, 0.15) is 4.21 Å². The molecule has 0 bridgehead atoms. The van der Waals surface area contributed by atoms with Crippen LogP contribution in [0, 0.1) is 5.41 Å². The van der Waals surface area contributed by atoms with Crippen molar-refractivity contribution in [2.45, 2.75) is 63.4 Å². The molecule has 1 aromatic rings. The maximum atomic E-state index is 12.3. The fraction of sp³-hybridized carbons (Fsp3) is 0.714. The predicted octanol–water partition coefficient (Wildman–Crippen LogP) is 2.71. The standard InChI is InChI=1S/C14H24N2O2S2/c1-10(14(2,3)4)16-20(17,18)13-8-7-12(19-13)9-15-11-5-6-11/h7-8,10-11,15-16H,5-6,9H2,1-4H3. The highest BCUT2D eigenvalue weighted by Gasteiger charge is 2.27. The number of rotatable bonds is 6. The van der Waals surface area contributed by atoms with Crippen molar-refractivity contribution in [1.29, 1.82) is 0 Å². The van der Waals surface area contributed by atoms with Crippen LogP contribution in [0.15, 0.2) is 16.3 Å². The van der Waals surface area contributed by atoms with Crippen LogP contribution in [0.5, 0.6) is 0 Å². The van der Waals surface area contributed by atoms with E-state index in [0.717, 1.165) is 11.4 Å². The van der Waals surface area contributed by atoms with Gasteiger partial charge in [-0.15, -0.1) is 11.3 Å². The van der Waals surface area contributed by atoms with Gasteiger partial charge in [0.15, 0.2) is 0 Å². The molecule has 1 atom stereocenters. The van der Waals surface area contributed by atoms with Gasteiger partial charge in [-0.25, -0.2) is 13.1 Å². The fourth-order valence-electron chi connectivity index (χ4n) is 1.60. The van der Waals surface area contributed by atoms with Crippen molar-refractivity contribution in [3.63, 3.8) is 0 Å². The van der Waals surface area contributed by atoms with Crippen molar-refractivity contribution >= 4 is 21.4 Å². The Hall–Kier alpha value is -0.430. The molecule has 0 saturated heterocycles. The average molecular weight is 316 g/mol. The lowest BCUT2D eigenvalue weighted by atomic mass is 9.89. The Bertz CT molecular complexity index is 554. The van der Waals surface area contributed by atoms with Crippen molar-refractivity contribution in [1.82, 2.24) is 10.0 Å². The first-order chi connectivity index (χ1) is 9.18. The van der Waals surface area contributed by atoms with Crippen LogP contribution in [0.25, 0.3) is 0 Å². The minimum atomic E-state index is -3.40. The van der Waals surface area contributed by atoms with E-state index in [9.17, 15) is 8.42 Å². The van der Waals surface area contributed by atoms with Gasteiger partial charge in [-0.2, -0.15) is 0 Å². The highest BCUT2D eigenvalue weighted by molar-refractivity contribution is 7.91. The summed E-state index contributed by atoms with van der Waals surface area (Å²) in [4.78, 5) is 1.07. The average Bonchev–Trinajstić information content (AvgIpc) is 3.01. The second-order valence-corrected chi connectivity index (χ2v) is 9.69. The van der Waals surface area contributed by atoms with Gasteiger partial charge in [0.2, 0.25) is 10.0 Å². The highest BCUT2D eigenvalue weighted by atomic mass is 32.2. The Morgan fingerprint density at radius 1 is 1.35 bits per heavy atom. The van der Waals surface area contributed by atoms with Gasteiger partial charge in [-0.3, -0.25) is 0 Å². The molecule has 1 heterocycles. The third kappa shape index (κ3) is 4.28. The zero-order chi connectivity index (χ0) is 15.0. The number of hydrogen-bond donors (Lipinski definition) is 2. The van der Waals surface area contributed by atoms with Crippen LogP contribution < -0.4 is 10.0 Å². The van der Waals surface area contributed by atoms with Crippen molar-refractivity contribution in [3.05, 3.63) is 17.0 Å². The summed E-state index contributed by atoms with van der Waals surface area (Å²) in [5.41, 5.74) is -0.0965. The first kappa shape index (κ1) is 15.9. The van der Waals surface area contributed by atoms with Gasteiger partial charge in [0.05, 0.1) is 0 Å². The lowest BCUT2D eigenvalue weighted by Crippen LogP contribution is -2.41. The van der Waals surface area contributed by atoms with E-state index in [1.54, 1.807) is 6.07 Å². The number of sulfonamides is 1. The molecule has 1 aliphatic rings. The molecule has 20 heavy (non-hydrogen) atoms. The van der Waals surface area contributed by atoms with Crippen LogP contribution in [0.3, 0.4) is 0 Å². The van der Waals surface area contributed by atoms with Crippen LogP contribution in [-0.2, 0) is 16.6 Å². The lowest BCUT2D eigenvalue weighted by molar-refractivity contribution is 0.318. The van der Waals surface area contributed by atoms with Gasteiger partial charge in [-0.1, -0.05) is 20.8 Å². The van der Waals surface area contributed by atoms with Crippen molar-refractivity contribution in [2.75, 3.05) is 0 Å². The maximum absolute atomic E-state index is 12.3. The molecular weight excluding hydrogens is 292 g/mol. The van der Waals surface area contributed by atoms with Crippen molar-refractivity contribution in [2.24, 2.45) is 5.41 Å². The molecule has 1 saturated carbocycles.